The predicted molar refractivity (Wildman–Crippen MR) is 82.8 cm³/mol. The van der Waals surface area contributed by atoms with Gasteiger partial charge in [-0.05, 0) is 36.3 Å². The number of aromatic nitrogens is 1. The zero-order valence-electron chi connectivity index (χ0n) is 12.2. The van der Waals surface area contributed by atoms with E-state index in [1.807, 2.05) is 6.92 Å². The van der Waals surface area contributed by atoms with Gasteiger partial charge < -0.3 is 5.73 Å². The van der Waals surface area contributed by atoms with Crippen LogP contribution in [0, 0.1) is 0 Å². The second kappa shape index (κ2) is 6.53. The van der Waals surface area contributed by atoms with Gasteiger partial charge >= 0.3 is 0 Å². The minimum atomic E-state index is -0.264. The van der Waals surface area contributed by atoms with Crippen molar-refractivity contribution in [2.75, 3.05) is 0 Å². The van der Waals surface area contributed by atoms with Gasteiger partial charge in [0.05, 0.1) is 0 Å². The summed E-state index contributed by atoms with van der Waals surface area (Å²) in [6.07, 6.45) is 4.49. The molecule has 0 amide bonds. The second-order valence-corrected chi connectivity index (χ2v) is 6.26. The summed E-state index contributed by atoms with van der Waals surface area (Å²) in [6, 6.07) is 2.22. The third-order valence-electron chi connectivity index (χ3n) is 3.30. The molecule has 0 radical (unpaired) electrons. The van der Waals surface area contributed by atoms with Crippen molar-refractivity contribution in [1.82, 2.24) is 4.98 Å². The Kier molecular flexibility index (Phi) is 5.56. The third-order valence-corrected chi connectivity index (χ3v) is 3.51. The fraction of sp³-hybridized carbons (Fsp3) is 0.600. The van der Waals surface area contributed by atoms with E-state index in [1.165, 1.54) is 0 Å². The van der Waals surface area contributed by atoms with Crippen LogP contribution in [-0.4, -0.2) is 16.1 Å². The van der Waals surface area contributed by atoms with Crippen LogP contribution < -0.4 is 5.73 Å². The molecule has 0 saturated heterocycles. The molecule has 0 aliphatic heterocycles. The highest BCUT2D eigenvalue weighted by Crippen LogP contribution is 2.29. The molecule has 0 bridgehead atoms. The summed E-state index contributed by atoms with van der Waals surface area (Å²) in [5.41, 5.74) is 8.46. The van der Waals surface area contributed by atoms with E-state index in [9.17, 15) is 4.79 Å². The average molecular weight is 280 g/mol. The summed E-state index contributed by atoms with van der Waals surface area (Å²) in [7, 11) is 0. The highest BCUT2D eigenvalue weighted by atomic mass is 32.1. The van der Waals surface area contributed by atoms with Gasteiger partial charge in [-0.3, -0.25) is 9.78 Å². The van der Waals surface area contributed by atoms with E-state index in [0.717, 1.165) is 30.4 Å². The Morgan fingerprint density at radius 1 is 1.53 bits per heavy atom. The maximum absolute atomic E-state index is 11.5. The monoisotopic (exact) mass is 280 g/mol. The first-order valence-electron chi connectivity index (χ1n) is 6.76. The van der Waals surface area contributed by atoms with Crippen LogP contribution in [0.4, 0.5) is 0 Å². The molecular weight excluding hydrogens is 256 g/mol. The van der Waals surface area contributed by atoms with Gasteiger partial charge in [0, 0.05) is 12.2 Å². The lowest BCUT2D eigenvalue weighted by Crippen LogP contribution is -2.28. The van der Waals surface area contributed by atoms with Gasteiger partial charge in [-0.2, -0.15) is 0 Å². The number of carbonyl (C=O) groups is 1. The van der Waals surface area contributed by atoms with Crippen LogP contribution in [0.3, 0.4) is 0 Å². The van der Waals surface area contributed by atoms with Crippen molar-refractivity contribution in [3.05, 3.63) is 29.1 Å². The van der Waals surface area contributed by atoms with E-state index >= 15 is 0 Å². The van der Waals surface area contributed by atoms with Crippen LogP contribution in [0.15, 0.2) is 12.3 Å². The molecule has 2 N–H and O–H groups in total. The van der Waals surface area contributed by atoms with Gasteiger partial charge in [0.1, 0.15) is 5.69 Å². The minimum absolute atomic E-state index is 0.0398. The second-order valence-electron chi connectivity index (χ2n) is 5.85. The van der Waals surface area contributed by atoms with Crippen molar-refractivity contribution in [3.63, 3.8) is 0 Å². The number of carbonyl (C=O) groups excluding carboxylic acids is 1. The van der Waals surface area contributed by atoms with Gasteiger partial charge in [-0.25, -0.2) is 0 Å². The highest BCUT2D eigenvalue weighted by molar-refractivity contribution is 7.97. The number of rotatable bonds is 6. The Hall–Kier alpha value is -0.870. The number of thiol groups is 1. The van der Waals surface area contributed by atoms with Gasteiger partial charge in [-0.1, -0.05) is 45.9 Å². The number of nitrogens with two attached hydrogens (primary N) is 1. The van der Waals surface area contributed by atoms with Crippen LogP contribution in [0.5, 0.6) is 0 Å². The molecule has 19 heavy (non-hydrogen) atoms. The molecule has 0 spiro atoms. The lowest BCUT2D eigenvalue weighted by molar-refractivity contribution is 0.108. The Morgan fingerprint density at radius 3 is 2.63 bits per heavy atom. The Bertz CT molecular complexity index is 455. The molecule has 4 heteroatoms. The Morgan fingerprint density at radius 2 is 2.16 bits per heavy atom. The van der Waals surface area contributed by atoms with E-state index in [2.05, 4.69) is 44.5 Å². The fourth-order valence-corrected chi connectivity index (χ4v) is 2.66. The Labute approximate surface area is 121 Å². The number of aryl methyl sites for hydroxylation is 1. The molecule has 3 nitrogen and oxygen atoms in total. The van der Waals surface area contributed by atoms with Crippen molar-refractivity contribution >= 4 is 17.7 Å². The molecule has 106 valence electrons. The first-order chi connectivity index (χ1) is 8.77. The third kappa shape index (κ3) is 4.32. The molecule has 1 atom stereocenters. The summed E-state index contributed by atoms with van der Waals surface area (Å²) in [5.74, 6) is 0. The van der Waals surface area contributed by atoms with E-state index < -0.39 is 0 Å². The SMILES string of the molecule is CCCc1cc(C(C)(C)CC(C)N)cnc1C(=O)S. The molecule has 1 aromatic rings. The van der Waals surface area contributed by atoms with Crippen molar-refractivity contribution in [1.29, 1.82) is 0 Å². The van der Waals surface area contributed by atoms with Crippen LogP contribution in [0.25, 0.3) is 0 Å². The average Bonchev–Trinajstić information content (AvgIpc) is 2.27. The van der Waals surface area contributed by atoms with Gasteiger partial charge in [-0.15, -0.1) is 0 Å². The molecule has 0 aliphatic rings. The fourth-order valence-electron chi connectivity index (χ4n) is 2.46. The van der Waals surface area contributed by atoms with Crippen LogP contribution in [0.2, 0.25) is 0 Å². The van der Waals surface area contributed by atoms with Crippen molar-refractivity contribution in [2.45, 2.75) is 58.4 Å². The highest BCUT2D eigenvalue weighted by Gasteiger charge is 2.24. The maximum Gasteiger partial charge on any atom is 0.234 e. The van der Waals surface area contributed by atoms with E-state index in [1.54, 1.807) is 6.20 Å². The minimum Gasteiger partial charge on any atom is -0.328 e. The molecular formula is C15H24N2OS. The standard InChI is InChI=1S/C15H24N2OS/c1-5-6-11-7-12(9-17-13(11)14(18)19)15(3,4)8-10(2)16/h7,9-10H,5-6,8,16H2,1-4H3,(H,18,19). The predicted octanol–water partition coefficient (Wildman–Crippen LogP) is 3.12. The molecule has 1 aromatic heterocycles. The Balaban J connectivity index is 3.17. The summed E-state index contributed by atoms with van der Waals surface area (Å²) in [6.45, 7) is 8.41. The summed E-state index contributed by atoms with van der Waals surface area (Å²) in [4.78, 5) is 15.8. The number of hydrogen-bond acceptors (Lipinski definition) is 3. The largest absolute Gasteiger partial charge is 0.328 e. The number of hydrogen-bond donors (Lipinski definition) is 2. The van der Waals surface area contributed by atoms with E-state index in [0.29, 0.717) is 5.69 Å². The molecule has 0 aromatic carbocycles. The quantitative estimate of drug-likeness (QED) is 0.787. The molecule has 1 unspecified atom stereocenters. The molecule has 0 aliphatic carbocycles. The maximum atomic E-state index is 11.5. The molecule has 1 heterocycles. The lowest BCUT2D eigenvalue weighted by Gasteiger charge is -2.27. The first-order valence-corrected chi connectivity index (χ1v) is 7.21. The molecule has 0 fully saturated rings. The molecule has 0 saturated carbocycles. The zero-order chi connectivity index (χ0) is 14.6. The topological polar surface area (TPSA) is 56.0 Å². The smallest absolute Gasteiger partial charge is 0.234 e. The number of nitrogens with zero attached hydrogens (tertiary/aromatic N) is 1. The zero-order valence-corrected chi connectivity index (χ0v) is 13.1. The van der Waals surface area contributed by atoms with Crippen molar-refractivity contribution < 1.29 is 4.79 Å². The first kappa shape index (κ1) is 16.2. The lowest BCUT2D eigenvalue weighted by atomic mass is 9.79. The normalized spacial score (nSPS) is 13.4. The van der Waals surface area contributed by atoms with Crippen molar-refractivity contribution in [2.24, 2.45) is 5.73 Å². The van der Waals surface area contributed by atoms with Crippen LogP contribution >= 0.6 is 12.6 Å². The van der Waals surface area contributed by atoms with Gasteiger partial charge in [0.15, 0.2) is 0 Å². The van der Waals surface area contributed by atoms with Crippen LogP contribution in [-0.2, 0) is 11.8 Å². The summed E-state index contributed by atoms with van der Waals surface area (Å²) >= 11 is 3.89. The number of pyridine rings is 1. The summed E-state index contributed by atoms with van der Waals surface area (Å²) in [5, 5.41) is -0.264. The van der Waals surface area contributed by atoms with E-state index in [4.69, 9.17) is 5.73 Å². The van der Waals surface area contributed by atoms with Crippen molar-refractivity contribution in [3.8, 4) is 0 Å². The van der Waals surface area contributed by atoms with Crippen LogP contribution in [0.1, 0.15) is 62.2 Å². The van der Waals surface area contributed by atoms with E-state index in [-0.39, 0.29) is 16.6 Å². The summed E-state index contributed by atoms with van der Waals surface area (Å²) < 4.78 is 0. The molecule has 1 rings (SSSR count). The van der Waals surface area contributed by atoms with Gasteiger partial charge in [0.2, 0.25) is 5.12 Å². The van der Waals surface area contributed by atoms with Gasteiger partial charge in [0.25, 0.3) is 0 Å².